The number of nitrogens with one attached hydrogen (secondary N) is 1. The van der Waals surface area contributed by atoms with Crippen LogP contribution in [0.3, 0.4) is 0 Å². The zero-order chi connectivity index (χ0) is 14.7. The number of hydrogen-bond acceptors (Lipinski definition) is 2. The maximum Gasteiger partial charge on any atom is 0.223 e. The molecule has 0 radical (unpaired) electrons. The third kappa shape index (κ3) is 3.75. The van der Waals surface area contributed by atoms with Crippen molar-refractivity contribution in [2.75, 3.05) is 0 Å². The van der Waals surface area contributed by atoms with Crippen LogP contribution < -0.4 is 11.1 Å². The molecule has 6 atom stereocenters. The van der Waals surface area contributed by atoms with Gasteiger partial charge in [0.2, 0.25) is 5.91 Å². The van der Waals surface area contributed by atoms with Crippen molar-refractivity contribution < 1.29 is 4.79 Å². The number of hydrogen-bond donors (Lipinski definition) is 2. The van der Waals surface area contributed by atoms with Gasteiger partial charge in [0.15, 0.2) is 0 Å². The number of amides is 1. The van der Waals surface area contributed by atoms with Crippen LogP contribution in [0.15, 0.2) is 0 Å². The van der Waals surface area contributed by atoms with E-state index in [4.69, 9.17) is 5.73 Å². The van der Waals surface area contributed by atoms with Gasteiger partial charge in [0.1, 0.15) is 0 Å². The van der Waals surface area contributed by atoms with E-state index in [1.807, 2.05) is 0 Å². The Morgan fingerprint density at radius 2 is 1.85 bits per heavy atom. The van der Waals surface area contributed by atoms with Crippen LogP contribution >= 0.6 is 0 Å². The average molecular weight is 280 g/mol. The summed E-state index contributed by atoms with van der Waals surface area (Å²) in [6.07, 6.45) is 8.19. The molecule has 2 fully saturated rings. The molecule has 0 saturated heterocycles. The van der Waals surface area contributed by atoms with Crippen molar-refractivity contribution in [2.45, 2.75) is 77.8 Å². The van der Waals surface area contributed by atoms with Gasteiger partial charge in [-0.25, -0.2) is 0 Å². The summed E-state index contributed by atoms with van der Waals surface area (Å²) in [6, 6.07) is 0.684. The largest absolute Gasteiger partial charge is 0.353 e. The Kier molecular flexibility index (Phi) is 5.48. The molecule has 0 bridgehead atoms. The molecular weight excluding hydrogens is 248 g/mol. The second-order valence-electron chi connectivity index (χ2n) is 7.36. The number of carbonyl (C=O) groups is 1. The number of nitrogens with two attached hydrogens (primary N) is 1. The molecule has 1 amide bonds. The van der Waals surface area contributed by atoms with Crippen LogP contribution in [0.4, 0.5) is 0 Å². The maximum atomic E-state index is 12.5. The molecule has 2 saturated carbocycles. The highest BCUT2D eigenvalue weighted by molar-refractivity contribution is 5.79. The summed E-state index contributed by atoms with van der Waals surface area (Å²) >= 11 is 0. The lowest BCUT2D eigenvalue weighted by Gasteiger charge is -2.36. The minimum atomic E-state index is 0.116. The van der Waals surface area contributed by atoms with Crippen molar-refractivity contribution in [3.63, 3.8) is 0 Å². The van der Waals surface area contributed by atoms with Gasteiger partial charge < -0.3 is 11.1 Å². The molecule has 0 aliphatic heterocycles. The molecule has 3 nitrogen and oxygen atoms in total. The second kappa shape index (κ2) is 6.93. The average Bonchev–Trinajstić information content (AvgIpc) is 2.43. The summed E-state index contributed by atoms with van der Waals surface area (Å²) < 4.78 is 0. The second-order valence-corrected chi connectivity index (χ2v) is 7.36. The van der Waals surface area contributed by atoms with Gasteiger partial charge in [-0.2, -0.15) is 0 Å². The Morgan fingerprint density at radius 1 is 1.15 bits per heavy atom. The van der Waals surface area contributed by atoms with Crippen LogP contribution in [-0.2, 0) is 4.79 Å². The molecule has 2 aliphatic rings. The monoisotopic (exact) mass is 280 g/mol. The van der Waals surface area contributed by atoms with Crippen LogP contribution in [-0.4, -0.2) is 18.0 Å². The maximum absolute atomic E-state index is 12.5. The van der Waals surface area contributed by atoms with E-state index in [-0.39, 0.29) is 11.8 Å². The highest BCUT2D eigenvalue weighted by Crippen LogP contribution is 2.32. The molecule has 0 aromatic heterocycles. The first kappa shape index (κ1) is 15.8. The predicted octanol–water partition coefficient (Wildman–Crippen LogP) is 3.08. The Morgan fingerprint density at radius 3 is 2.55 bits per heavy atom. The molecule has 0 heterocycles. The SMILES string of the molecule is CC1CCCC(NC(=O)C(C)C2CCCC(N)C2)C1C. The van der Waals surface area contributed by atoms with Gasteiger partial charge in [-0.15, -0.1) is 0 Å². The summed E-state index contributed by atoms with van der Waals surface area (Å²) in [5, 5.41) is 3.33. The first-order chi connectivity index (χ1) is 9.49. The van der Waals surface area contributed by atoms with Crippen LogP contribution in [0.1, 0.15) is 65.7 Å². The van der Waals surface area contributed by atoms with Crippen LogP contribution in [0, 0.1) is 23.7 Å². The van der Waals surface area contributed by atoms with Crippen LogP contribution in [0.5, 0.6) is 0 Å². The zero-order valence-electron chi connectivity index (χ0n) is 13.4. The molecule has 116 valence electrons. The number of rotatable bonds is 3. The van der Waals surface area contributed by atoms with E-state index in [1.165, 1.54) is 25.7 Å². The third-order valence-electron chi connectivity index (χ3n) is 5.91. The lowest BCUT2D eigenvalue weighted by molar-refractivity contribution is -0.128. The van der Waals surface area contributed by atoms with Crippen molar-refractivity contribution >= 4 is 5.91 Å². The standard InChI is InChI=1S/C17H32N2O/c1-11-6-4-9-16(12(11)2)19-17(20)13(3)14-7-5-8-15(18)10-14/h11-16H,4-10,18H2,1-3H3,(H,19,20). The minimum Gasteiger partial charge on any atom is -0.353 e. The van der Waals surface area contributed by atoms with E-state index in [1.54, 1.807) is 0 Å². The summed E-state index contributed by atoms with van der Waals surface area (Å²) in [4.78, 5) is 12.5. The predicted molar refractivity (Wildman–Crippen MR) is 83.2 cm³/mol. The van der Waals surface area contributed by atoms with Crippen molar-refractivity contribution in [3.05, 3.63) is 0 Å². The van der Waals surface area contributed by atoms with E-state index in [0.717, 1.165) is 25.2 Å². The van der Waals surface area contributed by atoms with E-state index < -0.39 is 0 Å². The highest BCUT2D eigenvalue weighted by atomic mass is 16.1. The molecule has 3 N–H and O–H groups in total. The molecule has 20 heavy (non-hydrogen) atoms. The summed E-state index contributed by atoms with van der Waals surface area (Å²) in [6.45, 7) is 6.69. The molecule has 3 heteroatoms. The molecule has 0 aromatic carbocycles. The fourth-order valence-corrected chi connectivity index (χ4v) is 4.03. The Hall–Kier alpha value is -0.570. The van der Waals surface area contributed by atoms with E-state index in [9.17, 15) is 4.79 Å². The van der Waals surface area contributed by atoms with E-state index in [2.05, 4.69) is 26.1 Å². The van der Waals surface area contributed by atoms with Crippen molar-refractivity contribution in [2.24, 2.45) is 29.4 Å². The summed E-state index contributed by atoms with van der Waals surface area (Å²) in [5.41, 5.74) is 6.06. The van der Waals surface area contributed by atoms with Crippen molar-refractivity contribution in [1.82, 2.24) is 5.32 Å². The number of carbonyl (C=O) groups excluding carboxylic acids is 1. The third-order valence-corrected chi connectivity index (χ3v) is 5.91. The zero-order valence-corrected chi connectivity index (χ0v) is 13.4. The van der Waals surface area contributed by atoms with Crippen molar-refractivity contribution in [1.29, 1.82) is 0 Å². The van der Waals surface area contributed by atoms with Gasteiger partial charge in [0.05, 0.1) is 0 Å². The topological polar surface area (TPSA) is 55.1 Å². The molecule has 0 aromatic rings. The fourth-order valence-electron chi connectivity index (χ4n) is 4.03. The Bertz CT molecular complexity index is 331. The van der Waals surface area contributed by atoms with Crippen molar-refractivity contribution in [3.8, 4) is 0 Å². The minimum absolute atomic E-state index is 0.116. The quantitative estimate of drug-likeness (QED) is 0.834. The normalized spacial score (nSPS) is 40.1. The van der Waals surface area contributed by atoms with Gasteiger partial charge in [0.25, 0.3) is 0 Å². The smallest absolute Gasteiger partial charge is 0.223 e. The molecule has 0 spiro atoms. The van der Waals surface area contributed by atoms with E-state index in [0.29, 0.717) is 23.9 Å². The molecule has 6 unspecified atom stereocenters. The Balaban J connectivity index is 1.87. The summed E-state index contributed by atoms with van der Waals surface area (Å²) in [7, 11) is 0. The highest BCUT2D eigenvalue weighted by Gasteiger charge is 2.32. The first-order valence-electron chi connectivity index (χ1n) is 8.55. The lowest BCUT2D eigenvalue weighted by Crippen LogP contribution is -2.47. The van der Waals surface area contributed by atoms with Crippen LogP contribution in [0.25, 0.3) is 0 Å². The molecule has 2 rings (SSSR count). The fraction of sp³-hybridized carbons (Fsp3) is 0.941. The Labute approximate surface area is 124 Å². The van der Waals surface area contributed by atoms with Gasteiger partial charge in [-0.05, 0) is 43.4 Å². The van der Waals surface area contributed by atoms with Gasteiger partial charge >= 0.3 is 0 Å². The van der Waals surface area contributed by atoms with Gasteiger partial charge in [0, 0.05) is 18.0 Å². The van der Waals surface area contributed by atoms with Crippen LogP contribution in [0.2, 0.25) is 0 Å². The van der Waals surface area contributed by atoms with E-state index >= 15 is 0 Å². The first-order valence-corrected chi connectivity index (χ1v) is 8.55. The van der Waals surface area contributed by atoms with Gasteiger partial charge in [-0.3, -0.25) is 4.79 Å². The lowest BCUT2D eigenvalue weighted by atomic mass is 9.76. The summed E-state index contributed by atoms with van der Waals surface area (Å²) in [5.74, 6) is 2.19. The molecule has 2 aliphatic carbocycles. The molecular formula is C17H32N2O. The van der Waals surface area contributed by atoms with Gasteiger partial charge in [-0.1, -0.05) is 40.0 Å².